The van der Waals surface area contributed by atoms with Crippen LogP contribution in [0.2, 0.25) is 0 Å². The van der Waals surface area contributed by atoms with E-state index >= 15 is 0 Å². The summed E-state index contributed by atoms with van der Waals surface area (Å²) in [7, 11) is -2.10. The topological polar surface area (TPSA) is 84.5 Å². The van der Waals surface area contributed by atoms with Crippen LogP contribution in [0.25, 0.3) is 0 Å². The van der Waals surface area contributed by atoms with Gasteiger partial charge in [-0.2, -0.15) is 0 Å². The third kappa shape index (κ3) is 5.18. The van der Waals surface area contributed by atoms with Gasteiger partial charge in [0.25, 0.3) is 15.9 Å². The zero-order valence-electron chi connectivity index (χ0n) is 17.1. The number of hydrogen-bond donors (Lipinski definition) is 2. The number of sulfonamides is 1. The second-order valence-electron chi connectivity index (χ2n) is 6.98. The van der Waals surface area contributed by atoms with E-state index in [2.05, 4.69) is 10.0 Å². The van der Waals surface area contributed by atoms with Crippen LogP contribution < -0.4 is 14.8 Å². The average Bonchev–Trinajstić information content (AvgIpc) is 2.74. The van der Waals surface area contributed by atoms with Crippen LogP contribution >= 0.6 is 0 Å². The number of amides is 1. The minimum Gasteiger partial charge on any atom is -0.497 e. The van der Waals surface area contributed by atoms with Crippen molar-refractivity contribution < 1.29 is 17.9 Å². The molecule has 0 aliphatic heterocycles. The normalized spacial score (nSPS) is 11.0. The summed E-state index contributed by atoms with van der Waals surface area (Å²) in [5.41, 5.74) is 3.47. The first-order valence-electron chi connectivity index (χ1n) is 9.40. The molecule has 2 N–H and O–H groups in total. The predicted molar refractivity (Wildman–Crippen MR) is 117 cm³/mol. The number of ether oxygens (including phenoxy) is 1. The first kappa shape index (κ1) is 21.4. The van der Waals surface area contributed by atoms with Crippen LogP contribution in [-0.4, -0.2) is 21.4 Å². The maximum atomic E-state index is 12.6. The molecular formula is C23H24N2O4S. The van der Waals surface area contributed by atoms with Gasteiger partial charge in [0.1, 0.15) is 5.75 Å². The summed E-state index contributed by atoms with van der Waals surface area (Å²) in [6.45, 7) is 4.03. The van der Waals surface area contributed by atoms with E-state index in [-0.39, 0.29) is 10.8 Å². The molecular weight excluding hydrogens is 400 g/mol. The smallest absolute Gasteiger partial charge is 0.261 e. The summed E-state index contributed by atoms with van der Waals surface area (Å²) < 4.78 is 32.9. The maximum absolute atomic E-state index is 12.6. The Morgan fingerprint density at radius 1 is 0.933 bits per heavy atom. The van der Waals surface area contributed by atoms with E-state index in [0.29, 0.717) is 23.4 Å². The van der Waals surface area contributed by atoms with Crippen molar-refractivity contribution in [3.05, 3.63) is 89.0 Å². The second kappa shape index (κ2) is 9.00. The van der Waals surface area contributed by atoms with Crippen LogP contribution in [0.5, 0.6) is 5.75 Å². The number of aryl methyl sites for hydroxylation is 2. The van der Waals surface area contributed by atoms with Gasteiger partial charge in [-0.25, -0.2) is 8.42 Å². The number of carbonyl (C=O) groups is 1. The fourth-order valence-corrected chi connectivity index (χ4v) is 4.00. The minimum absolute atomic E-state index is 0.189. The van der Waals surface area contributed by atoms with Crippen LogP contribution in [0, 0.1) is 13.8 Å². The SMILES string of the molecule is COc1ccc(CNC(=O)c2ccc(NS(=O)(=O)c3ccc(C)cc3)c(C)c2)cc1. The van der Waals surface area contributed by atoms with Crippen molar-refractivity contribution in [1.82, 2.24) is 5.32 Å². The Labute approximate surface area is 177 Å². The molecule has 0 bridgehead atoms. The monoisotopic (exact) mass is 424 g/mol. The Balaban J connectivity index is 1.68. The van der Waals surface area contributed by atoms with Crippen LogP contribution in [0.15, 0.2) is 71.6 Å². The van der Waals surface area contributed by atoms with Gasteiger partial charge < -0.3 is 10.1 Å². The lowest BCUT2D eigenvalue weighted by Gasteiger charge is -2.12. The van der Waals surface area contributed by atoms with Crippen molar-refractivity contribution in [2.75, 3.05) is 11.8 Å². The second-order valence-corrected chi connectivity index (χ2v) is 8.66. The molecule has 3 aromatic carbocycles. The summed E-state index contributed by atoms with van der Waals surface area (Å²) in [5, 5.41) is 2.86. The van der Waals surface area contributed by atoms with Crippen molar-refractivity contribution >= 4 is 21.6 Å². The van der Waals surface area contributed by atoms with Crippen molar-refractivity contribution in [2.24, 2.45) is 0 Å². The van der Waals surface area contributed by atoms with Crippen LogP contribution in [-0.2, 0) is 16.6 Å². The molecule has 156 valence electrons. The number of nitrogens with one attached hydrogen (secondary N) is 2. The van der Waals surface area contributed by atoms with Gasteiger partial charge in [0, 0.05) is 12.1 Å². The third-order valence-electron chi connectivity index (χ3n) is 4.68. The summed E-state index contributed by atoms with van der Waals surface area (Å²) in [6.07, 6.45) is 0. The predicted octanol–water partition coefficient (Wildman–Crippen LogP) is 4.04. The molecule has 1 amide bonds. The van der Waals surface area contributed by atoms with E-state index in [1.165, 1.54) is 0 Å². The van der Waals surface area contributed by atoms with E-state index in [9.17, 15) is 13.2 Å². The average molecular weight is 425 g/mol. The summed E-state index contributed by atoms with van der Waals surface area (Å²) in [6, 6.07) is 18.9. The van der Waals surface area contributed by atoms with Gasteiger partial charge in [-0.15, -0.1) is 0 Å². The first-order chi connectivity index (χ1) is 14.3. The molecule has 0 fully saturated rings. The zero-order chi connectivity index (χ0) is 21.7. The van der Waals surface area contributed by atoms with Crippen molar-refractivity contribution in [3.8, 4) is 5.75 Å². The number of hydrogen-bond acceptors (Lipinski definition) is 4. The van der Waals surface area contributed by atoms with Crippen molar-refractivity contribution in [3.63, 3.8) is 0 Å². The molecule has 0 radical (unpaired) electrons. The first-order valence-corrected chi connectivity index (χ1v) is 10.9. The molecule has 3 rings (SSSR count). The third-order valence-corrected chi connectivity index (χ3v) is 6.06. The maximum Gasteiger partial charge on any atom is 0.261 e. The van der Waals surface area contributed by atoms with Gasteiger partial charge >= 0.3 is 0 Å². The number of rotatable bonds is 7. The van der Waals surface area contributed by atoms with Crippen LogP contribution in [0.1, 0.15) is 27.0 Å². The molecule has 0 atom stereocenters. The lowest BCUT2D eigenvalue weighted by molar-refractivity contribution is 0.0951. The highest BCUT2D eigenvalue weighted by Crippen LogP contribution is 2.21. The summed E-state index contributed by atoms with van der Waals surface area (Å²) in [4.78, 5) is 12.7. The number of anilines is 1. The Morgan fingerprint density at radius 3 is 2.20 bits per heavy atom. The van der Waals surface area contributed by atoms with E-state index < -0.39 is 10.0 Å². The Morgan fingerprint density at radius 2 is 1.60 bits per heavy atom. The molecule has 30 heavy (non-hydrogen) atoms. The van der Waals surface area contributed by atoms with E-state index in [1.54, 1.807) is 56.5 Å². The fourth-order valence-electron chi connectivity index (χ4n) is 2.87. The van der Waals surface area contributed by atoms with Gasteiger partial charge in [0.15, 0.2) is 0 Å². The lowest BCUT2D eigenvalue weighted by Crippen LogP contribution is -2.23. The molecule has 0 unspecified atom stereocenters. The Kier molecular flexibility index (Phi) is 6.42. The minimum atomic E-state index is -3.70. The van der Waals surface area contributed by atoms with Crippen molar-refractivity contribution in [2.45, 2.75) is 25.3 Å². The van der Waals surface area contributed by atoms with Crippen LogP contribution in [0.3, 0.4) is 0 Å². The van der Waals surface area contributed by atoms with Gasteiger partial charge in [-0.1, -0.05) is 29.8 Å². The molecule has 0 aliphatic carbocycles. The zero-order valence-corrected chi connectivity index (χ0v) is 17.9. The van der Waals surface area contributed by atoms with E-state index in [1.807, 2.05) is 31.2 Å². The molecule has 0 aliphatic rings. The highest BCUT2D eigenvalue weighted by molar-refractivity contribution is 7.92. The molecule has 0 saturated heterocycles. The van der Waals surface area contributed by atoms with Crippen molar-refractivity contribution in [1.29, 1.82) is 0 Å². The summed E-state index contributed by atoms with van der Waals surface area (Å²) in [5.74, 6) is 0.520. The highest BCUT2D eigenvalue weighted by Gasteiger charge is 2.16. The molecule has 0 spiro atoms. The lowest BCUT2D eigenvalue weighted by atomic mass is 10.1. The quantitative estimate of drug-likeness (QED) is 0.599. The van der Waals surface area contributed by atoms with Gasteiger partial charge in [-0.05, 0) is 67.4 Å². The van der Waals surface area contributed by atoms with Gasteiger partial charge in [-0.3, -0.25) is 9.52 Å². The molecule has 3 aromatic rings. The highest BCUT2D eigenvalue weighted by atomic mass is 32.2. The number of methoxy groups -OCH3 is 1. The molecule has 0 saturated carbocycles. The Bertz CT molecular complexity index is 1140. The van der Waals surface area contributed by atoms with Gasteiger partial charge in [0.2, 0.25) is 0 Å². The summed E-state index contributed by atoms with van der Waals surface area (Å²) >= 11 is 0. The number of benzene rings is 3. The van der Waals surface area contributed by atoms with E-state index in [0.717, 1.165) is 16.9 Å². The largest absolute Gasteiger partial charge is 0.497 e. The van der Waals surface area contributed by atoms with E-state index in [4.69, 9.17) is 4.74 Å². The Hall–Kier alpha value is -3.32. The standard InChI is InChI=1S/C23H24N2O4S/c1-16-4-11-21(12-5-16)30(27,28)25-22-13-8-19(14-17(22)2)23(26)24-15-18-6-9-20(29-3)10-7-18/h4-14,25H,15H2,1-3H3,(H,24,26). The van der Waals surface area contributed by atoms with Crippen LogP contribution in [0.4, 0.5) is 5.69 Å². The molecule has 6 nitrogen and oxygen atoms in total. The molecule has 0 aromatic heterocycles. The fraction of sp³-hybridized carbons (Fsp3) is 0.174. The number of carbonyl (C=O) groups excluding carboxylic acids is 1. The molecule has 7 heteroatoms. The molecule has 0 heterocycles. The van der Waals surface area contributed by atoms with Gasteiger partial charge in [0.05, 0.1) is 17.7 Å².